The van der Waals surface area contributed by atoms with E-state index in [1.165, 1.54) is 19.3 Å². The normalized spacial score (nSPS) is 34.2. The minimum Gasteiger partial charge on any atom is -0.393 e. The molecule has 0 atom stereocenters. The minimum absolute atomic E-state index is 0.00139. The van der Waals surface area contributed by atoms with Crippen molar-refractivity contribution < 1.29 is 5.11 Å². The molecule has 1 fully saturated rings. The summed E-state index contributed by atoms with van der Waals surface area (Å²) < 4.78 is 0. The van der Waals surface area contributed by atoms with E-state index in [2.05, 4.69) is 13.3 Å². The van der Waals surface area contributed by atoms with E-state index in [9.17, 15) is 5.11 Å². The SMILES string of the molecule is CC[CH][C@H]1CC[C@@H](O)CC1. The average molecular weight is 141 g/mol. The van der Waals surface area contributed by atoms with Gasteiger partial charge in [0.15, 0.2) is 0 Å². The van der Waals surface area contributed by atoms with E-state index in [4.69, 9.17) is 0 Å². The van der Waals surface area contributed by atoms with Crippen molar-refractivity contribution in [1.29, 1.82) is 0 Å². The summed E-state index contributed by atoms with van der Waals surface area (Å²) in [6, 6.07) is 0. The van der Waals surface area contributed by atoms with Crippen LogP contribution in [0.1, 0.15) is 39.0 Å². The number of aliphatic hydroxyl groups is 1. The van der Waals surface area contributed by atoms with Crippen molar-refractivity contribution in [2.45, 2.75) is 45.1 Å². The van der Waals surface area contributed by atoms with E-state index in [-0.39, 0.29) is 6.10 Å². The van der Waals surface area contributed by atoms with Crippen molar-refractivity contribution in [3.05, 3.63) is 6.42 Å². The van der Waals surface area contributed by atoms with Crippen LogP contribution in [0.2, 0.25) is 0 Å². The summed E-state index contributed by atoms with van der Waals surface area (Å²) in [5.41, 5.74) is 0. The van der Waals surface area contributed by atoms with Crippen LogP contribution in [-0.4, -0.2) is 11.2 Å². The molecule has 0 aliphatic heterocycles. The van der Waals surface area contributed by atoms with Gasteiger partial charge in [0.05, 0.1) is 6.10 Å². The number of hydrogen-bond acceptors (Lipinski definition) is 1. The fraction of sp³-hybridized carbons (Fsp3) is 0.889. The van der Waals surface area contributed by atoms with Gasteiger partial charge in [0.25, 0.3) is 0 Å². The van der Waals surface area contributed by atoms with Gasteiger partial charge in [0.1, 0.15) is 0 Å². The number of hydrogen-bond donors (Lipinski definition) is 1. The molecule has 1 heteroatoms. The quantitative estimate of drug-likeness (QED) is 0.624. The molecule has 59 valence electrons. The summed E-state index contributed by atoms with van der Waals surface area (Å²) in [5, 5.41) is 9.18. The van der Waals surface area contributed by atoms with Gasteiger partial charge in [-0.1, -0.05) is 13.3 Å². The Hall–Kier alpha value is -0.0400. The van der Waals surface area contributed by atoms with E-state index in [1.807, 2.05) is 0 Å². The predicted molar refractivity (Wildman–Crippen MR) is 42.6 cm³/mol. The van der Waals surface area contributed by atoms with E-state index < -0.39 is 0 Å². The van der Waals surface area contributed by atoms with Gasteiger partial charge in [-0.15, -0.1) is 0 Å². The fourth-order valence-electron chi connectivity index (χ4n) is 1.67. The zero-order valence-electron chi connectivity index (χ0n) is 6.71. The average Bonchev–Trinajstić information content (AvgIpc) is 1.95. The predicted octanol–water partition coefficient (Wildman–Crippen LogP) is 2.15. The Morgan fingerprint density at radius 2 is 1.90 bits per heavy atom. The van der Waals surface area contributed by atoms with Crippen LogP contribution < -0.4 is 0 Å². The number of rotatable bonds is 2. The lowest BCUT2D eigenvalue weighted by atomic mass is 9.85. The van der Waals surface area contributed by atoms with Gasteiger partial charge in [0, 0.05) is 0 Å². The van der Waals surface area contributed by atoms with Crippen LogP contribution >= 0.6 is 0 Å². The fourth-order valence-corrected chi connectivity index (χ4v) is 1.67. The van der Waals surface area contributed by atoms with Crippen molar-refractivity contribution >= 4 is 0 Å². The van der Waals surface area contributed by atoms with E-state index in [0.717, 1.165) is 18.8 Å². The summed E-state index contributed by atoms with van der Waals surface area (Å²) in [4.78, 5) is 0. The summed E-state index contributed by atoms with van der Waals surface area (Å²) in [5.74, 6) is 0.799. The molecule has 0 aromatic heterocycles. The molecule has 1 N–H and O–H groups in total. The van der Waals surface area contributed by atoms with Crippen molar-refractivity contribution in [2.75, 3.05) is 0 Å². The first kappa shape index (κ1) is 8.06. The first-order valence-corrected chi connectivity index (χ1v) is 4.34. The maximum absolute atomic E-state index is 9.18. The maximum atomic E-state index is 9.18. The molecule has 0 aromatic carbocycles. The Morgan fingerprint density at radius 1 is 1.30 bits per heavy atom. The highest BCUT2D eigenvalue weighted by Crippen LogP contribution is 2.26. The second kappa shape index (κ2) is 3.97. The highest BCUT2D eigenvalue weighted by molar-refractivity contribution is 4.80. The van der Waals surface area contributed by atoms with Crippen LogP contribution in [0.15, 0.2) is 0 Å². The second-order valence-electron chi connectivity index (χ2n) is 3.21. The van der Waals surface area contributed by atoms with E-state index >= 15 is 0 Å². The molecule has 1 radical (unpaired) electrons. The molecule has 0 aromatic rings. The lowest BCUT2D eigenvalue weighted by Crippen LogP contribution is -2.18. The van der Waals surface area contributed by atoms with Crippen molar-refractivity contribution in [2.24, 2.45) is 5.92 Å². The second-order valence-corrected chi connectivity index (χ2v) is 3.21. The van der Waals surface area contributed by atoms with Gasteiger partial charge in [-0.25, -0.2) is 0 Å². The third-order valence-electron chi connectivity index (χ3n) is 2.31. The van der Waals surface area contributed by atoms with E-state index in [1.54, 1.807) is 0 Å². The molecule has 1 aliphatic carbocycles. The summed E-state index contributed by atoms with van der Waals surface area (Å²) >= 11 is 0. The Morgan fingerprint density at radius 3 is 2.40 bits per heavy atom. The Balaban J connectivity index is 2.13. The smallest absolute Gasteiger partial charge is 0.0540 e. The van der Waals surface area contributed by atoms with Crippen LogP contribution in [0.3, 0.4) is 0 Å². The molecule has 1 saturated carbocycles. The van der Waals surface area contributed by atoms with Crippen LogP contribution in [-0.2, 0) is 0 Å². The third kappa shape index (κ3) is 2.30. The molecule has 1 aliphatic rings. The first-order valence-electron chi connectivity index (χ1n) is 4.34. The molecule has 0 bridgehead atoms. The van der Waals surface area contributed by atoms with Crippen LogP contribution in [0.5, 0.6) is 0 Å². The molecular formula is C9H17O. The molecule has 10 heavy (non-hydrogen) atoms. The van der Waals surface area contributed by atoms with Crippen LogP contribution in [0, 0.1) is 12.3 Å². The number of aliphatic hydroxyl groups excluding tert-OH is 1. The third-order valence-corrected chi connectivity index (χ3v) is 2.31. The van der Waals surface area contributed by atoms with E-state index in [0.29, 0.717) is 0 Å². The van der Waals surface area contributed by atoms with Gasteiger partial charge in [-0.3, -0.25) is 0 Å². The highest BCUT2D eigenvalue weighted by atomic mass is 16.3. The maximum Gasteiger partial charge on any atom is 0.0540 e. The van der Waals surface area contributed by atoms with Crippen molar-refractivity contribution in [3.63, 3.8) is 0 Å². The van der Waals surface area contributed by atoms with Gasteiger partial charge < -0.3 is 5.11 Å². The molecule has 0 saturated heterocycles. The largest absolute Gasteiger partial charge is 0.393 e. The van der Waals surface area contributed by atoms with Gasteiger partial charge >= 0.3 is 0 Å². The summed E-state index contributed by atoms with van der Waals surface area (Å²) in [6.07, 6.45) is 8.00. The lowest BCUT2D eigenvalue weighted by molar-refractivity contribution is 0.114. The van der Waals surface area contributed by atoms with Gasteiger partial charge in [0.2, 0.25) is 0 Å². The van der Waals surface area contributed by atoms with Gasteiger partial charge in [-0.2, -0.15) is 0 Å². The molecule has 0 unspecified atom stereocenters. The van der Waals surface area contributed by atoms with Crippen molar-refractivity contribution in [1.82, 2.24) is 0 Å². The molecular weight excluding hydrogens is 124 g/mol. The van der Waals surface area contributed by atoms with Crippen molar-refractivity contribution in [3.8, 4) is 0 Å². The zero-order chi connectivity index (χ0) is 7.40. The minimum atomic E-state index is 0.00139. The molecule has 1 rings (SSSR count). The first-order chi connectivity index (χ1) is 4.83. The topological polar surface area (TPSA) is 20.2 Å². The molecule has 0 spiro atoms. The standard InChI is InChI=1S/C9H17O/c1-2-3-8-4-6-9(10)7-5-8/h3,8-10H,2,4-7H2,1H3/t8-,9+. The van der Waals surface area contributed by atoms with Gasteiger partial charge in [-0.05, 0) is 38.0 Å². The Bertz CT molecular complexity index is 82.7. The van der Waals surface area contributed by atoms with Crippen LogP contribution in [0.4, 0.5) is 0 Å². The monoisotopic (exact) mass is 141 g/mol. The summed E-state index contributed by atoms with van der Waals surface area (Å²) in [7, 11) is 0. The Kier molecular flexibility index (Phi) is 3.20. The molecule has 0 amide bonds. The Labute approximate surface area is 63.4 Å². The zero-order valence-corrected chi connectivity index (χ0v) is 6.71. The highest BCUT2D eigenvalue weighted by Gasteiger charge is 2.17. The lowest BCUT2D eigenvalue weighted by Gasteiger charge is -2.24. The molecule has 1 nitrogen and oxygen atoms in total. The van der Waals surface area contributed by atoms with Crippen LogP contribution in [0.25, 0.3) is 0 Å². The summed E-state index contributed by atoms with van der Waals surface area (Å²) in [6.45, 7) is 2.19. The molecule has 0 heterocycles.